The average Bonchev–Trinajstić information content (AvgIpc) is 3.39. The van der Waals surface area contributed by atoms with Crippen LogP contribution in [-0.4, -0.2) is 27.3 Å². The Balaban J connectivity index is 1.58. The Morgan fingerprint density at radius 1 is 1.11 bits per heavy atom. The number of benzene rings is 1. The Labute approximate surface area is 165 Å². The zero-order valence-electron chi connectivity index (χ0n) is 16.7. The molecule has 0 radical (unpaired) electrons. The number of hydrogen-bond acceptors (Lipinski definition) is 5. The van der Waals surface area contributed by atoms with Gasteiger partial charge in [0.15, 0.2) is 5.76 Å². The third kappa shape index (κ3) is 2.57. The van der Waals surface area contributed by atoms with Gasteiger partial charge in [-0.05, 0) is 50.5 Å². The average molecular weight is 375 g/mol. The first-order valence-electron chi connectivity index (χ1n) is 9.88. The molecule has 5 nitrogen and oxygen atoms in total. The van der Waals surface area contributed by atoms with Gasteiger partial charge in [0.25, 0.3) is 0 Å². The highest BCUT2D eigenvalue weighted by molar-refractivity contribution is 5.74. The first-order valence-corrected chi connectivity index (χ1v) is 9.88. The van der Waals surface area contributed by atoms with Crippen molar-refractivity contribution < 1.29 is 9.52 Å². The maximum absolute atomic E-state index is 10.9. The van der Waals surface area contributed by atoms with E-state index in [0.717, 1.165) is 46.8 Å². The molecule has 3 aromatic rings. The van der Waals surface area contributed by atoms with Crippen molar-refractivity contribution in [3.8, 4) is 22.8 Å². The smallest absolute Gasteiger partial charge is 0.228 e. The van der Waals surface area contributed by atoms with E-state index in [9.17, 15) is 5.11 Å². The molecule has 5 rings (SSSR count). The van der Waals surface area contributed by atoms with Gasteiger partial charge < -0.3 is 14.4 Å². The number of aliphatic hydroxyl groups excluding tert-OH is 1. The van der Waals surface area contributed by atoms with Gasteiger partial charge in [-0.25, -0.2) is 4.98 Å². The number of fused-ring (bicyclic) bond motifs is 1. The summed E-state index contributed by atoms with van der Waals surface area (Å²) in [5.74, 6) is 1.35. The second-order valence-electron chi connectivity index (χ2n) is 8.59. The van der Waals surface area contributed by atoms with Crippen molar-refractivity contribution in [2.45, 2.75) is 58.2 Å². The Hall–Kier alpha value is -2.66. The maximum atomic E-state index is 10.9. The lowest BCUT2D eigenvalue weighted by molar-refractivity contribution is 0.108. The van der Waals surface area contributed by atoms with E-state index in [1.165, 1.54) is 5.56 Å². The minimum Gasteiger partial charge on any atom is -0.436 e. The first-order chi connectivity index (χ1) is 13.4. The second-order valence-corrected chi connectivity index (χ2v) is 8.59. The van der Waals surface area contributed by atoms with Crippen molar-refractivity contribution in [3.63, 3.8) is 0 Å². The van der Waals surface area contributed by atoms with Gasteiger partial charge in [0.05, 0.1) is 11.3 Å². The predicted molar refractivity (Wildman–Crippen MR) is 109 cm³/mol. The molecule has 0 bridgehead atoms. The minimum absolute atomic E-state index is 0.286. The Kier molecular flexibility index (Phi) is 3.68. The predicted octanol–water partition coefficient (Wildman–Crippen LogP) is 4.60. The van der Waals surface area contributed by atoms with E-state index in [1.807, 2.05) is 26.0 Å². The maximum Gasteiger partial charge on any atom is 0.228 e. The lowest BCUT2D eigenvalue weighted by Crippen LogP contribution is -2.42. The fraction of sp³-hybridized carbons (Fsp3) is 0.391. The SMILES string of the molecule is Cc1ccc(-c2nc(C)c(-c3ccc4c(c3)N(C3CC3)C(O)C4(C)C)o2)cn1. The van der Waals surface area contributed by atoms with E-state index in [2.05, 4.69) is 46.9 Å². The lowest BCUT2D eigenvalue weighted by atomic mass is 9.85. The van der Waals surface area contributed by atoms with E-state index in [1.54, 1.807) is 6.20 Å². The van der Waals surface area contributed by atoms with Crippen molar-refractivity contribution in [1.82, 2.24) is 9.97 Å². The fourth-order valence-corrected chi connectivity index (χ4v) is 4.18. The van der Waals surface area contributed by atoms with E-state index in [-0.39, 0.29) is 5.41 Å². The molecular weight excluding hydrogens is 350 g/mol. The molecule has 2 aromatic heterocycles. The third-order valence-corrected chi connectivity index (χ3v) is 6.04. The molecule has 3 heterocycles. The summed E-state index contributed by atoms with van der Waals surface area (Å²) in [4.78, 5) is 11.2. The van der Waals surface area contributed by atoms with Crippen LogP contribution in [0.5, 0.6) is 0 Å². The standard InChI is InChI=1S/C23H25N3O2/c1-13-5-6-16(12-24-13)21-25-14(2)20(28-21)15-7-10-18-19(11-15)26(17-8-9-17)22(27)23(18,3)4/h5-7,10-12,17,22,27H,8-9H2,1-4H3. The summed E-state index contributed by atoms with van der Waals surface area (Å²) in [6, 6.07) is 10.7. The summed E-state index contributed by atoms with van der Waals surface area (Å²) in [5, 5.41) is 10.9. The van der Waals surface area contributed by atoms with Crippen molar-refractivity contribution in [3.05, 3.63) is 53.5 Å². The molecule has 1 atom stereocenters. The number of pyridine rings is 1. The van der Waals surface area contributed by atoms with Gasteiger partial charge >= 0.3 is 0 Å². The molecule has 1 saturated carbocycles. The summed E-state index contributed by atoms with van der Waals surface area (Å²) in [5.41, 5.74) is 5.70. The van der Waals surface area contributed by atoms with Crippen LogP contribution in [-0.2, 0) is 5.41 Å². The highest BCUT2D eigenvalue weighted by Crippen LogP contribution is 2.50. The minimum atomic E-state index is -0.490. The van der Waals surface area contributed by atoms with Crippen molar-refractivity contribution in [2.24, 2.45) is 0 Å². The van der Waals surface area contributed by atoms with Crippen molar-refractivity contribution in [2.75, 3.05) is 4.90 Å². The molecule has 28 heavy (non-hydrogen) atoms. The number of nitrogens with zero attached hydrogens (tertiary/aromatic N) is 3. The lowest BCUT2D eigenvalue weighted by Gasteiger charge is -2.29. The number of anilines is 1. The fourth-order valence-electron chi connectivity index (χ4n) is 4.18. The van der Waals surface area contributed by atoms with E-state index >= 15 is 0 Å². The highest BCUT2D eigenvalue weighted by atomic mass is 16.4. The number of rotatable bonds is 3. The molecule has 1 aliphatic carbocycles. The molecule has 1 unspecified atom stereocenters. The van der Waals surface area contributed by atoms with Crippen LogP contribution in [0.15, 0.2) is 40.9 Å². The number of oxazole rings is 1. The van der Waals surface area contributed by atoms with Crippen molar-refractivity contribution >= 4 is 5.69 Å². The molecule has 2 aliphatic rings. The van der Waals surface area contributed by atoms with Crippen LogP contribution in [0.3, 0.4) is 0 Å². The van der Waals surface area contributed by atoms with E-state index in [0.29, 0.717) is 11.9 Å². The molecule has 0 amide bonds. The summed E-state index contributed by atoms with van der Waals surface area (Å²) in [6.07, 6.45) is 3.59. The molecule has 1 N–H and O–H groups in total. The van der Waals surface area contributed by atoms with Crippen LogP contribution >= 0.6 is 0 Å². The number of hydrogen-bond donors (Lipinski definition) is 1. The quantitative estimate of drug-likeness (QED) is 0.725. The second kappa shape index (κ2) is 5.92. The molecule has 5 heteroatoms. The van der Waals surface area contributed by atoms with Gasteiger partial charge in [-0.1, -0.05) is 26.0 Å². The number of aliphatic hydroxyl groups is 1. The Bertz CT molecular complexity index is 1050. The summed E-state index contributed by atoms with van der Waals surface area (Å²) in [6.45, 7) is 8.15. The van der Waals surface area contributed by atoms with Gasteiger partial charge in [-0.15, -0.1) is 0 Å². The molecular formula is C23H25N3O2. The van der Waals surface area contributed by atoms with Gasteiger partial charge in [0.1, 0.15) is 6.23 Å². The zero-order chi connectivity index (χ0) is 19.6. The molecule has 1 aliphatic heterocycles. The van der Waals surface area contributed by atoms with Gasteiger partial charge in [0.2, 0.25) is 5.89 Å². The van der Waals surface area contributed by atoms with Crippen LogP contribution in [0.4, 0.5) is 5.69 Å². The van der Waals surface area contributed by atoms with Gasteiger partial charge in [0, 0.05) is 34.6 Å². The zero-order valence-corrected chi connectivity index (χ0v) is 16.7. The normalized spacial score (nSPS) is 20.5. The molecule has 0 spiro atoms. The van der Waals surface area contributed by atoms with Crippen LogP contribution in [0.25, 0.3) is 22.8 Å². The van der Waals surface area contributed by atoms with Gasteiger partial charge in [-0.2, -0.15) is 0 Å². The summed E-state index contributed by atoms with van der Waals surface area (Å²) in [7, 11) is 0. The number of aromatic nitrogens is 2. The van der Waals surface area contributed by atoms with Gasteiger partial charge in [-0.3, -0.25) is 4.98 Å². The highest BCUT2D eigenvalue weighted by Gasteiger charge is 2.48. The molecule has 1 aromatic carbocycles. The van der Waals surface area contributed by atoms with E-state index in [4.69, 9.17) is 4.42 Å². The third-order valence-electron chi connectivity index (χ3n) is 6.04. The molecule has 144 valence electrons. The van der Waals surface area contributed by atoms with Crippen LogP contribution in [0.1, 0.15) is 43.6 Å². The van der Waals surface area contributed by atoms with Crippen LogP contribution < -0.4 is 4.90 Å². The first kappa shape index (κ1) is 17.4. The van der Waals surface area contributed by atoms with Crippen molar-refractivity contribution in [1.29, 1.82) is 0 Å². The topological polar surface area (TPSA) is 62.4 Å². The number of aryl methyl sites for hydroxylation is 2. The molecule has 1 fully saturated rings. The Morgan fingerprint density at radius 3 is 2.54 bits per heavy atom. The largest absolute Gasteiger partial charge is 0.436 e. The monoisotopic (exact) mass is 375 g/mol. The molecule has 0 saturated heterocycles. The van der Waals surface area contributed by atoms with Crippen LogP contribution in [0, 0.1) is 13.8 Å². The van der Waals surface area contributed by atoms with E-state index < -0.39 is 6.23 Å². The summed E-state index contributed by atoms with van der Waals surface area (Å²) < 4.78 is 6.14. The van der Waals surface area contributed by atoms with Crippen LogP contribution in [0.2, 0.25) is 0 Å². The summed E-state index contributed by atoms with van der Waals surface area (Å²) >= 11 is 0. The Morgan fingerprint density at radius 2 is 1.86 bits per heavy atom.